The molecule has 0 bridgehead atoms. The molecule has 1 aromatic carbocycles. The maximum atomic E-state index is 13.6. The van der Waals surface area contributed by atoms with Crippen LogP contribution in [0.3, 0.4) is 0 Å². The quantitative estimate of drug-likeness (QED) is 0.401. The number of halogens is 1. The molecule has 1 saturated carbocycles. The predicted molar refractivity (Wildman–Crippen MR) is 130 cm³/mol. The minimum atomic E-state index is -0.0271. The number of nitrogens with zero attached hydrogens (tertiary/aromatic N) is 5. The highest BCUT2D eigenvalue weighted by atomic mass is 79.9. The van der Waals surface area contributed by atoms with Crippen LogP contribution in [0.25, 0.3) is 16.6 Å². The van der Waals surface area contributed by atoms with E-state index >= 15 is 0 Å². The van der Waals surface area contributed by atoms with Crippen LogP contribution >= 0.6 is 27.9 Å². The van der Waals surface area contributed by atoms with Crippen LogP contribution in [0.2, 0.25) is 0 Å². The lowest BCUT2D eigenvalue weighted by Gasteiger charge is -2.15. The number of aromatic nitrogens is 5. The standard InChI is InChI=1S/C20H21BrN6OS.C2H6/c1-12-18-26(10-13-8-23-25(3)9-13)19(28)15-6-14(29-24-20(2)4-5-20)7-16(21)17(15)27(18)11-22-12;1-2/h6-9,11,24H,4-5,10H2,1-3H3;1-2H3. The largest absolute Gasteiger partial charge is 0.288 e. The Morgan fingerprint density at radius 2 is 2.03 bits per heavy atom. The van der Waals surface area contributed by atoms with E-state index in [2.05, 4.69) is 43.7 Å². The average molecular weight is 503 g/mol. The molecule has 1 aliphatic carbocycles. The Hall–Kier alpha value is -2.10. The Labute approximate surface area is 194 Å². The number of fused-ring (bicyclic) bond motifs is 3. The minimum absolute atomic E-state index is 0.0271. The van der Waals surface area contributed by atoms with Crippen molar-refractivity contribution in [2.24, 2.45) is 7.05 Å². The molecule has 0 amide bonds. The molecule has 0 radical (unpaired) electrons. The molecular formula is C22H27BrN6OS. The van der Waals surface area contributed by atoms with Gasteiger partial charge in [0.1, 0.15) is 12.0 Å². The molecule has 0 spiro atoms. The van der Waals surface area contributed by atoms with Crippen LogP contribution in [0, 0.1) is 6.92 Å². The predicted octanol–water partition coefficient (Wildman–Crippen LogP) is 4.68. The van der Waals surface area contributed by atoms with Crippen molar-refractivity contribution in [3.63, 3.8) is 0 Å². The minimum Gasteiger partial charge on any atom is -0.288 e. The molecule has 3 heterocycles. The zero-order valence-electron chi connectivity index (χ0n) is 18.4. The van der Waals surface area contributed by atoms with Crippen molar-refractivity contribution in [2.45, 2.75) is 57.5 Å². The molecule has 1 aliphatic rings. The van der Waals surface area contributed by atoms with Gasteiger partial charge in [-0.05, 0) is 66.7 Å². The van der Waals surface area contributed by atoms with E-state index in [4.69, 9.17) is 0 Å². The lowest BCUT2D eigenvalue weighted by Crippen LogP contribution is -2.24. The fraction of sp³-hybridized carbons (Fsp3) is 0.409. The normalized spacial score (nSPS) is 14.6. The van der Waals surface area contributed by atoms with E-state index in [9.17, 15) is 4.79 Å². The van der Waals surface area contributed by atoms with Crippen molar-refractivity contribution < 1.29 is 0 Å². The number of benzene rings is 1. The lowest BCUT2D eigenvalue weighted by molar-refractivity contribution is 0.701. The average Bonchev–Trinajstić information content (AvgIpc) is 3.15. The van der Waals surface area contributed by atoms with Crippen LogP contribution in [-0.4, -0.2) is 29.3 Å². The number of aryl methyl sites for hydroxylation is 2. The Morgan fingerprint density at radius 1 is 1.29 bits per heavy atom. The van der Waals surface area contributed by atoms with Crippen molar-refractivity contribution in [1.29, 1.82) is 0 Å². The van der Waals surface area contributed by atoms with Gasteiger partial charge < -0.3 is 0 Å². The fourth-order valence-corrected chi connectivity index (χ4v) is 5.28. The molecule has 1 fully saturated rings. The van der Waals surface area contributed by atoms with E-state index in [-0.39, 0.29) is 11.1 Å². The summed E-state index contributed by atoms with van der Waals surface area (Å²) < 4.78 is 9.93. The van der Waals surface area contributed by atoms with Gasteiger partial charge in [-0.2, -0.15) is 5.10 Å². The summed E-state index contributed by atoms with van der Waals surface area (Å²) >= 11 is 5.28. The van der Waals surface area contributed by atoms with E-state index in [0.717, 1.165) is 31.8 Å². The monoisotopic (exact) mass is 502 g/mol. The maximum absolute atomic E-state index is 13.6. The molecule has 1 N–H and O–H groups in total. The highest BCUT2D eigenvalue weighted by Crippen LogP contribution is 2.38. The van der Waals surface area contributed by atoms with Crippen molar-refractivity contribution in [1.82, 2.24) is 28.5 Å². The van der Waals surface area contributed by atoms with Gasteiger partial charge in [0.15, 0.2) is 0 Å². The second-order valence-electron chi connectivity index (χ2n) is 8.00. The summed E-state index contributed by atoms with van der Waals surface area (Å²) in [4.78, 5) is 19.1. The summed E-state index contributed by atoms with van der Waals surface area (Å²) in [7, 11) is 1.88. The maximum Gasteiger partial charge on any atom is 0.261 e. The number of hydrogen-bond donors (Lipinski definition) is 1. The van der Waals surface area contributed by atoms with Gasteiger partial charge in [-0.3, -0.25) is 23.2 Å². The van der Waals surface area contributed by atoms with Gasteiger partial charge in [-0.25, -0.2) is 4.98 Å². The van der Waals surface area contributed by atoms with Gasteiger partial charge in [0, 0.05) is 33.7 Å². The number of nitrogens with one attached hydrogen (secondary N) is 1. The van der Waals surface area contributed by atoms with E-state index in [0.29, 0.717) is 11.9 Å². The molecule has 0 saturated heterocycles. The summed E-state index contributed by atoms with van der Waals surface area (Å²) in [5.74, 6) is 0. The fourth-order valence-electron chi connectivity index (χ4n) is 3.56. The van der Waals surface area contributed by atoms with Crippen molar-refractivity contribution in [2.75, 3.05) is 0 Å². The second-order valence-corrected chi connectivity index (χ2v) is 9.74. The zero-order chi connectivity index (χ0) is 22.3. The van der Waals surface area contributed by atoms with Gasteiger partial charge in [0.2, 0.25) is 0 Å². The van der Waals surface area contributed by atoms with Gasteiger partial charge in [-0.15, -0.1) is 0 Å². The summed E-state index contributed by atoms with van der Waals surface area (Å²) in [5.41, 5.74) is 3.62. The first-order chi connectivity index (χ1) is 14.8. The van der Waals surface area contributed by atoms with Crippen LogP contribution in [0.15, 0.2) is 45.0 Å². The van der Waals surface area contributed by atoms with Crippen molar-refractivity contribution >= 4 is 44.4 Å². The first-order valence-electron chi connectivity index (χ1n) is 10.5. The molecule has 164 valence electrons. The molecular weight excluding hydrogens is 476 g/mol. The van der Waals surface area contributed by atoms with Gasteiger partial charge in [0.05, 0.1) is 29.3 Å². The SMILES string of the molecule is CC.Cc1ncn2c3c(Br)cc(SNC4(C)CC4)cc3c(=O)n(Cc3cnn(C)c3)c12. The Morgan fingerprint density at radius 3 is 2.68 bits per heavy atom. The number of rotatable bonds is 5. The van der Waals surface area contributed by atoms with Gasteiger partial charge in [-0.1, -0.05) is 13.8 Å². The topological polar surface area (TPSA) is 69.2 Å². The van der Waals surface area contributed by atoms with Crippen molar-refractivity contribution in [3.8, 4) is 0 Å². The highest BCUT2D eigenvalue weighted by Gasteiger charge is 2.37. The van der Waals surface area contributed by atoms with E-state index in [1.807, 2.05) is 44.5 Å². The molecule has 31 heavy (non-hydrogen) atoms. The Kier molecular flexibility index (Phi) is 6.02. The molecule has 4 aromatic rings. The van der Waals surface area contributed by atoms with Crippen LogP contribution in [0.5, 0.6) is 0 Å². The van der Waals surface area contributed by atoms with Crippen LogP contribution < -0.4 is 10.3 Å². The third-order valence-corrected chi connectivity index (χ3v) is 7.11. The summed E-state index contributed by atoms with van der Waals surface area (Å²) in [6, 6.07) is 4.03. The number of hydrogen-bond acceptors (Lipinski definition) is 5. The summed E-state index contributed by atoms with van der Waals surface area (Å²) in [6.45, 7) is 8.59. The van der Waals surface area contributed by atoms with Crippen molar-refractivity contribution in [3.05, 3.63) is 56.9 Å². The van der Waals surface area contributed by atoms with Crippen LogP contribution in [0.4, 0.5) is 0 Å². The van der Waals surface area contributed by atoms with Gasteiger partial charge >= 0.3 is 0 Å². The Bertz CT molecular complexity index is 1320. The molecule has 7 nitrogen and oxygen atoms in total. The zero-order valence-corrected chi connectivity index (χ0v) is 20.8. The van der Waals surface area contributed by atoms with Crippen LogP contribution in [-0.2, 0) is 13.6 Å². The van der Waals surface area contributed by atoms with E-state index in [1.54, 1.807) is 33.7 Å². The molecule has 3 aromatic heterocycles. The van der Waals surface area contributed by atoms with Gasteiger partial charge in [0.25, 0.3) is 5.56 Å². The highest BCUT2D eigenvalue weighted by molar-refractivity contribution is 9.10. The summed E-state index contributed by atoms with van der Waals surface area (Å²) in [6.07, 6.45) is 7.87. The van der Waals surface area contributed by atoms with E-state index < -0.39 is 0 Å². The molecule has 0 unspecified atom stereocenters. The number of imidazole rings is 1. The molecule has 0 atom stereocenters. The molecule has 5 rings (SSSR count). The molecule has 0 aliphatic heterocycles. The van der Waals surface area contributed by atoms with E-state index in [1.165, 1.54) is 12.8 Å². The Balaban J connectivity index is 0.00000112. The lowest BCUT2D eigenvalue weighted by atomic mass is 10.2. The first kappa shape index (κ1) is 22.1. The third-order valence-electron chi connectivity index (χ3n) is 5.44. The first-order valence-corrected chi connectivity index (χ1v) is 12.1. The molecule has 9 heteroatoms. The third kappa shape index (κ3) is 4.18. The second kappa shape index (κ2) is 8.44. The van der Waals surface area contributed by atoms with Crippen LogP contribution in [0.1, 0.15) is 44.9 Å². The smallest absolute Gasteiger partial charge is 0.261 e. The summed E-state index contributed by atoms with van der Waals surface area (Å²) in [5, 5.41) is 4.90.